The standard InChI is InChI=1S/C20H13BrCl2N2O2S/c1-10-18(7-11-2-4-14(21)15(23)6-11)28-20(24-10)25-19(26)17-9-12-8-13(22)3-5-16(12)27-17/h2-6,8-9H,7H2,1H3,(H,24,25,26). The number of furan rings is 1. The van der Waals surface area contributed by atoms with Crippen LogP contribution in [0.2, 0.25) is 10.0 Å². The van der Waals surface area contributed by atoms with E-state index < -0.39 is 0 Å². The molecule has 0 bridgehead atoms. The average molecular weight is 496 g/mol. The minimum absolute atomic E-state index is 0.214. The second-order valence-electron chi connectivity index (χ2n) is 6.20. The van der Waals surface area contributed by atoms with E-state index in [0.29, 0.717) is 27.2 Å². The molecule has 0 radical (unpaired) electrons. The number of rotatable bonds is 4. The number of nitrogens with one attached hydrogen (secondary N) is 1. The summed E-state index contributed by atoms with van der Waals surface area (Å²) >= 11 is 17.0. The van der Waals surface area contributed by atoms with Gasteiger partial charge >= 0.3 is 0 Å². The van der Waals surface area contributed by atoms with Crippen LogP contribution in [0.15, 0.2) is 51.4 Å². The Kier molecular flexibility index (Phi) is 5.47. The molecule has 4 nitrogen and oxygen atoms in total. The number of carbonyl (C=O) groups excluding carboxylic acids is 1. The summed E-state index contributed by atoms with van der Waals surface area (Å²) in [5, 5.41) is 5.37. The number of amides is 1. The molecule has 0 saturated carbocycles. The molecule has 2 aromatic heterocycles. The number of anilines is 1. The Balaban J connectivity index is 1.52. The van der Waals surface area contributed by atoms with Crippen LogP contribution in [0.1, 0.15) is 26.7 Å². The highest BCUT2D eigenvalue weighted by Crippen LogP contribution is 2.29. The van der Waals surface area contributed by atoms with Gasteiger partial charge in [-0.2, -0.15) is 0 Å². The lowest BCUT2D eigenvalue weighted by Crippen LogP contribution is -2.10. The molecule has 28 heavy (non-hydrogen) atoms. The molecule has 0 aliphatic rings. The Bertz CT molecular complexity index is 1200. The number of hydrogen-bond donors (Lipinski definition) is 1. The van der Waals surface area contributed by atoms with Crippen LogP contribution < -0.4 is 5.32 Å². The predicted molar refractivity (Wildman–Crippen MR) is 118 cm³/mol. The van der Waals surface area contributed by atoms with Crippen LogP contribution in [0.5, 0.6) is 0 Å². The van der Waals surface area contributed by atoms with Crippen molar-refractivity contribution in [2.24, 2.45) is 0 Å². The summed E-state index contributed by atoms with van der Waals surface area (Å²) < 4.78 is 6.46. The number of benzene rings is 2. The van der Waals surface area contributed by atoms with Crippen molar-refractivity contribution in [3.8, 4) is 0 Å². The van der Waals surface area contributed by atoms with E-state index in [4.69, 9.17) is 27.6 Å². The molecule has 8 heteroatoms. The van der Waals surface area contributed by atoms with Crippen LogP contribution >= 0.6 is 50.5 Å². The molecular formula is C20H13BrCl2N2O2S. The molecule has 1 amide bonds. The maximum Gasteiger partial charge on any atom is 0.293 e. The molecule has 0 aliphatic carbocycles. The zero-order valence-corrected chi connectivity index (χ0v) is 18.5. The monoisotopic (exact) mass is 494 g/mol. The zero-order valence-electron chi connectivity index (χ0n) is 14.6. The van der Waals surface area contributed by atoms with Crippen molar-refractivity contribution in [3.05, 3.63) is 78.9 Å². The predicted octanol–water partition coefficient (Wildman–Crippen LogP) is 7.11. The fourth-order valence-electron chi connectivity index (χ4n) is 2.77. The summed E-state index contributed by atoms with van der Waals surface area (Å²) in [7, 11) is 0. The first-order valence-corrected chi connectivity index (χ1v) is 10.7. The van der Waals surface area contributed by atoms with Gasteiger partial charge in [-0.3, -0.25) is 10.1 Å². The molecule has 2 heterocycles. The summed E-state index contributed by atoms with van der Waals surface area (Å²) in [4.78, 5) is 18.1. The highest BCUT2D eigenvalue weighted by Gasteiger charge is 2.16. The van der Waals surface area contributed by atoms with Crippen LogP contribution in [-0.4, -0.2) is 10.9 Å². The molecule has 0 aliphatic heterocycles. The van der Waals surface area contributed by atoms with Crippen molar-refractivity contribution in [1.82, 2.24) is 4.98 Å². The Hall–Kier alpha value is -1.86. The molecule has 0 fully saturated rings. The minimum Gasteiger partial charge on any atom is -0.451 e. The van der Waals surface area contributed by atoms with E-state index in [2.05, 4.69) is 26.2 Å². The maximum atomic E-state index is 12.5. The molecule has 0 spiro atoms. The third-order valence-electron chi connectivity index (χ3n) is 4.16. The van der Waals surface area contributed by atoms with Crippen molar-refractivity contribution in [2.75, 3.05) is 5.32 Å². The number of fused-ring (bicyclic) bond motifs is 1. The molecule has 2 aromatic carbocycles. The normalized spacial score (nSPS) is 11.1. The van der Waals surface area contributed by atoms with Crippen molar-refractivity contribution < 1.29 is 9.21 Å². The van der Waals surface area contributed by atoms with Gasteiger partial charge in [0, 0.05) is 26.2 Å². The first-order chi connectivity index (χ1) is 13.4. The van der Waals surface area contributed by atoms with Crippen LogP contribution in [0, 0.1) is 6.92 Å². The fourth-order valence-corrected chi connectivity index (χ4v) is 4.39. The van der Waals surface area contributed by atoms with Gasteiger partial charge in [-0.25, -0.2) is 4.98 Å². The molecule has 1 N–H and O–H groups in total. The lowest BCUT2D eigenvalue weighted by molar-refractivity contribution is 0.0998. The Labute approximate surface area is 183 Å². The van der Waals surface area contributed by atoms with E-state index in [-0.39, 0.29) is 11.7 Å². The number of carbonyl (C=O) groups is 1. The van der Waals surface area contributed by atoms with Crippen molar-refractivity contribution in [2.45, 2.75) is 13.3 Å². The van der Waals surface area contributed by atoms with Crippen molar-refractivity contribution in [1.29, 1.82) is 0 Å². The number of aryl methyl sites for hydroxylation is 1. The Morgan fingerprint density at radius 1 is 1.21 bits per heavy atom. The first kappa shape index (κ1) is 19.5. The fraction of sp³-hybridized carbons (Fsp3) is 0.100. The topological polar surface area (TPSA) is 55.1 Å². The van der Waals surface area contributed by atoms with E-state index in [0.717, 1.165) is 26.0 Å². The average Bonchev–Trinajstić information content (AvgIpc) is 3.21. The van der Waals surface area contributed by atoms with E-state index in [1.165, 1.54) is 11.3 Å². The van der Waals surface area contributed by atoms with Crippen LogP contribution in [0.25, 0.3) is 11.0 Å². The summed E-state index contributed by atoms with van der Waals surface area (Å²) in [6, 6.07) is 12.7. The van der Waals surface area contributed by atoms with Gasteiger partial charge in [-0.15, -0.1) is 11.3 Å². The number of nitrogens with zero attached hydrogens (tertiary/aromatic N) is 1. The van der Waals surface area contributed by atoms with Gasteiger partial charge in [0.2, 0.25) is 0 Å². The van der Waals surface area contributed by atoms with Crippen LogP contribution in [0.4, 0.5) is 5.13 Å². The van der Waals surface area contributed by atoms with Gasteiger partial charge in [-0.05, 0) is 64.8 Å². The Morgan fingerprint density at radius 3 is 2.82 bits per heavy atom. The van der Waals surface area contributed by atoms with Gasteiger partial charge in [0.05, 0.1) is 10.7 Å². The first-order valence-electron chi connectivity index (χ1n) is 8.30. The van der Waals surface area contributed by atoms with Gasteiger partial charge in [0.1, 0.15) is 5.58 Å². The van der Waals surface area contributed by atoms with E-state index in [1.54, 1.807) is 24.3 Å². The molecule has 4 rings (SSSR count). The van der Waals surface area contributed by atoms with E-state index in [1.807, 2.05) is 25.1 Å². The third-order valence-corrected chi connectivity index (χ3v) is 6.70. The summed E-state index contributed by atoms with van der Waals surface area (Å²) in [5.74, 6) is -0.134. The second-order valence-corrected chi connectivity index (χ2v) is 8.98. The smallest absolute Gasteiger partial charge is 0.293 e. The summed E-state index contributed by atoms with van der Waals surface area (Å²) in [6.45, 7) is 1.92. The number of aromatic nitrogens is 1. The molecular weight excluding hydrogens is 483 g/mol. The highest BCUT2D eigenvalue weighted by molar-refractivity contribution is 9.10. The SMILES string of the molecule is Cc1nc(NC(=O)c2cc3cc(Cl)ccc3o2)sc1Cc1ccc(Br)c(Cl)c1. The molecule has 0 saturated heterocycles. The maximum absolute atomic E-state index is 12.5. The highest BCUT2D eigenvalue weighted by atomic mass is 79.9. The van der Waals surface area contributed by atoms with Crippen molar-refractivity contribution in [3.63, 3.8) is 0 Å². The number of hydrogen-bond acceptors (Lipinski definition) is 4. The lowest BCUT2D eigenvalue weighted by Gasteiger charge is -2.02. The summed E-state index contributed by atoms with van der Waals surface area (Å²) in [6.07, 6.45) is 0.690. The van der Waals surface area contributed by atoms with Gasteiger partial charge in [-0.1, -0.05) is 29.3 Å². The lowest BCUT2D eigenvalue weighted by atomic mass is 10.1. The second kappa shape index (κ2) is 7.87. The largest absolute Gasteiger partial charge is 0.451 e. The number of halogens is 3. The van der Waals surface area contributed by atoms with E-state index >= 15 is 0 Å². The van der Waals surface area contributed by atoms with Gasteiger partial charge in [0.15, 0.2) is 10.9 Å². The summed E-state index contributed by atoms with van der Waals surface area (Å²) in [5.41, 5.74) is 2.56. The molecule has 0 unspecified atom stereocenters. The minimum atomic E-state index is -0.348. The van der Waals surface area contributed by atoms with Crippen LogP contribution in [0.3, 0.4) is 0 Å². The molecule has 4 aromatic rings. The Morgan fingerprint density at radius 2 is 2.04 bits per heavy atom. The van der Waals surface area contributed by atoms with Gasteiger partial charge in [0.25, 0.3) is 5.91 Å². The third kappa shape index (κ3) is 4.10. The number of thiazole rings is 1. The molecule has 0 atom stereocenters. The van der Waals surface area contributed by atoms with E-state index in [9.17, 15) is 4.79 Å². The van der Waals surface area contributed by atoms with Gasteiger partial charge < -0.3 is 4.42 Å². The van der Waals surface area contributed by atoms with Crippen LogP contribution in [-0.2, 0) is 6.42 Å². The molecule has 142 valence electrons. The zero-order chi connectivity index (χ0) is 19.8. The van der Waals surface area contributed by atoms with Crippen molar-refractivity contribution >= 4 is 72.5 Å². The quantitative estimate of drug-likeness (QED) is 0.328.